The summed E-state index contributed by atoms with van der Waals surface area (Å²) in [5, 5.41) is 7.72. The molecule has 150 valence electrons. The lowest BCUT2D eigenvalue weighted by molar-refractivity contribution is 0.0514. The number of nitrogens with zero attached hydrogens (tertiary/aromatic N) is 4. The molecule has 0 radical (unpaired) electrons. The number of benzene rings is 1. The van der Waals surface area contributed by atoms with Crippen LogP contribution in [0.4, 0.5) is 16.3 Å². The third-order valence-electron chi connectivity index (χ3n) is 4.55. The Morgan fingerprint density at radius 3 is 2.62 bits per heavy atom. The van der Waals surface area contributed by atoms with Crippen LogP contribution in [0.1, 0.15) is 38.4 Å². The normalized spacial score (nSPS) is 13.2. The summed E-state index contributed by atoms with van der Waals surface area (Å²) in [6, 6.07) is 7.83. The number of rotatable bonds is 3. The summed E-state index contributed by atoms with van der Waals surface area (Å²) >= 11 is 6.06. The van der Waals surface area contributed by atoms with Crippen molar-refractivity contribution in [2.75, 3.05) is 5.32 Å². The zero-order chi connectivity index (χ0) is 20.6. The van der Waals surface area contributed by atoms with E-state index < -0.39 is 11.7 Å². The summed E-state index contributed by atoms with van der Waals surface area (Å²) in [5.41, 5.74) is 4.26. The van der Waals surface area contributed by atoms with Crippen molar-refractivity contribution in [3.05, 3.63) is 53.2 Å². The number of ether oxygens (including phenoxy) is 1. The van der Waals surface area contributed by atoms with Crippen molar-refractivity contribution in [1.82, 2.24) is 19.7 Å². The van der Waals surface area contributed by atoms with Crippen LogP contribution in [0, 0.1) is 0 Å². The Kier molecular flexibility index (Phi) is 5.00. The molecule has 1 aliphatic rings. The molecule has 2 heterocycles. The quantitative estimate of drug-likeness (QED) is 0.610. The lowest BCUT2D eigenvalue weighted by Crippen LogP contribution is -2.27. The molecule has 7 nitrogen and oxygen atoms in total. The van der Waals surface area contributed by atoms with Crippen LogP contribution in [0.25, 0.3) is 11.1 Å². The second kappa shape index (κ2) is 7.48. The topological polar surface area (TPSA) is 81.9 Å². The van der Waals surface area contributed by atoms with Crippen molar-refractivity contribution in [2.24, 2.45) is 0 Å². The highest BCUT2D eigenvalue weighted by Gasteiger charge is 2.20. The molecule has 0 bridgehead atoms. The molecule has 4 rings (SSSR count). The first-order chi connectivity index (χ1) is 13.8. The molecule has 2 aromatic heterocycles. The van der Waals surface area contributed by atoms with Gasteiger partial charge < -0.3 is 10.1 Å². The fourth-order valence-electron chi connectivity index (χ4n) is 3.27. The van der Waals surface area contributed by atoms with Gasteiger partial charge in [-0.2, -0.15) is 9.78 Å². The average Bonchev–Trinajstić information content (AvgIpc) is 3.30. The Bertz CT molecular complexity index is 1050. The van der Waals surface area contributed by atoms with Gasteiger partial charge in [-0.15, -0.1) is 0 Å². The van der Waals surface area contributed by atoms with E-state index in [1.807, 2.05) is 45.0 Å². The minimum atomic E-state index is -0.569. The first-order valence-electron chi connectivity index (χ1n) is 9.49. The van der Waals surface area contributed by atoms with Crippen molar-refractivity contribution in [3.8, 4) is 11.1 Å². The van der Waals surface area contributed by atoms with Crippen LogP contribution in [0.2, 0.25) is 5.28 Å². The fourth-order valence-corrected chi connectivity index (χ4v) is 3.46. The molecular weight excluding hydrogens is 390 g/mol. The predicted molar refractivity (Wildman–Crippen MR) is 112 cm³/mol. The second-order valence-corrected chi connectivity index (χ2v) is 8.31. The van der Waals surface area contributed by atoms with E-state index in [9.17, 15) is 4.79 Å². The Morgan fingerprint density at radius 1 is 1.14 bits per heavy atom. The van der Waals surface area contributed by atoms with Crippen LogP contribution in [-0.2, 0) is 17.6 Å². The molecule has 1 aliphatic carbocycles. The van der Waals surface area contributed by atoms with E-state index in [2.05, 4.69) is 20.4 Å². The van der Waals surface area contributed by atoms with Gasteiger partial charge in [0.2, 0.25) is 5.28 Å². The lowest BCUT2D eigenvalue weighted by Gasteiger charge is -2.18. The van der Waals surface area contributed by atoms with Gasteiger partial charge in [-0.25, -0.2) is 14.8 Å². The monoisotopic (exact) mass is 411 g/mol. The van der Waals surface area contributed by atoms with Crippen molar-refractivity contribution in [3.63, 3.8) is 0 Å². The van der Waals surface area contributed by atoms with Gasteiger partial charge in [-0.1, -0.05) is 12.1 Å². The van der Waals surface area contributed by atoms with Crippen molar-refractivity contribution >= 4 is 29.2 Å². The van der Waals surface area contributed by atoms with Gasteiger partial charge in [-0.3, -0.25) is 0 Å². The number of aryl methyl sites for hydroxylation is 1. The molecule has 0 saturated heterocycles. The van der Waals surface area contributed by atoms with Gasteiger partial charge in [0.15, 0.2) is 0 Å². The van der Waals surface area contributed by atoms with Gasteiger partial charge >= 0.3 is 6.09 Å². The number of aromatic nitrogens is 4. The van der Waals surface area contributed by atoms with Crippen LogP contribution in [0.3, 0.4) is 0 Å². The zero-order valence-corrected chi connectivity index (χ0v) is 17.3. The van der Waals surface area contributed by atoms with Crippen LogP contribution in [0.15, 0.2) is 36.7 Å². The Balaban J connectivity index is 1.50. The van der Waals surface area contributed by atoms with E-state index in [0.717, 1.165) is 53.2 Å². The molecule has 0 fully saturated rings. The average molecular weight is 412 g/mol. The molecule has 0 spiro atoms. The second-order valence-electron chi connectivity index (χ2n) is 7.98. The van der Waals surface area contributed by atoms with Gasteiger partial charge in [0, 0.05) is 23.0 Å². The van der Waals surface area contributed by atoms with Crippen LogP contribution < -0.4 is 5.32 Å². The van der Waals surface area contributed by atoms with E-state index in [-0.39, 0.29) is 5.28 Å². The summed E-state index contributed by atoms with van der Waals surface area (Å²) < 4.78 is 6.54. The van der Waals surface area contributed by atoms with E-state index in [1.165, 1.54) is 4.68 Å². The number of hydrogen-bond donors (Lipinski definition) is 1. The molecule has 0 amide bonds. The van der Waals surface area contributed by atoms with E-state index >= 15 is 0 Å². The summed E-state index contributed by atoms with van der Waals surface area (Å²) in [6.07, 6.45) is 5.76. The van der Waals surface area contributed by atoms with E-state index in [0.29, 0.717) is 0 Å². The van der Waals surface area contributed by atoms with Crippen molar-refractivity contribution < 1.29 is 9.53 Å². The molecule has 8 heteroatoms. The van der Waals surface area contributed by atoms with Gasteiger partial charge in [0.25, 0.3) is 0 Å². The van der Waals surface area contributed by atoms with Crippen LogP contribution in [-0.4, -0.2) is 31.4 Å². The minimum Gasteiger partial charge on any atom is -0.442 e. The highest BCUT2D eigenvalue weighted by atomic mass is 35.5. The smallest absolute Gasteiger partial charge is 0.435 e. The van der Waals surface area contributed by atoms with Gasteiger partial charge in [-0.05, 0) is 69.3 Å². The third-order valence-corrected chi connectivity index (χ3v) is 4.72. The highest BCUT2D eigenvalue weighted by Crippen LogP contribution is 2.30. The zero-order valence-electron chi connectivity index (χ0n) is 16.6. The number of halogens is 1. The highest BCUT2D eigenvalue weighted by molar-refractivity contribution is 6.28. The third kappa shape index (κ3) is 4.40. The number of fused-ring (bicyclic) bond motifs is 1. The largest absolute Gasteiger partial charge is 0.442 e. The molecule has 0 atom stereocenters. The Labute approximate surface area is 174 Å². The number of hydrogen-bond acceptors (Lipinski definition) is 6. The number of nitrogens with one attached hydrogen (secondary N) is 1. The SMILES string of the molecule is CC(C)(C)OC(=O)n1cc(-c2ccc(Nc3nc(Cl)nc4c3CCC4)cc2)cn1. The molecule has 3 aromatic rings. The molecule has 1 aromatic carbocycles. The first kappa shape index (κ1) is 19.4. The Morgan fingerprint density at radius 2 is 1.90 bits per heavy atom. The Hall–Kier alpha value is -2.93. The number of carbonyl (C=O) groups excluding carboxylic acids is 1. The van der Waals surface area contributed by atoms with E-state index in [4.69, 9.17) is 16.3 Å². The summed E-state index contributed by atoms with van der Waals surface area (Å²) in [5.74, 6) is 0.767. The maximum atomic E-state index is 12.1. The minimum absolute atomic E-state index is 0.263. The molecule has 1 N–H and O–H groups in total. The first-order valence-corrected chi connectivity index (χ1v) is 9.87. The van der Waals surface area contributed by atoms with Crippen molar-refractivity contribution in [1.29, 1.82) is 0 Å². The standard InChI is InChI=1S/C21H22ClN5O2/c1-21(2,3)29-20(28)27-12-14(11-23-27)13-7-9-15(10-8-13)24-18-16-5-4-6-17(16)25-19(22)26-18/h7-12H,4-6H2,1-3H3,(H,24,25,26). The van der Waals surface area contributed by atoms with Crippen molar-refractivity contribution in [2.45, 2.75) is 45.6 Å². The molecule has 0 aliphatic heterocycles. The molecular formula is C21H22ClN5O2. The summed E-state index contributed by atoms with van der Waals surface area (Å²) in [7, 11) is 0. The maximum Gasteiger partial charge on any atom is 0.435 e. The predicted octanol–water partition coefficient (Wildman–Crippen LogP) is 5.01. The molecule has 0 unspecified atom stereocenters. The van der Waals surface area contributed by atoms with Gasteiger partial charge in [0.05, 0.1) is 11.9 Å². The van der Waals surface area contributed by atoms with Crippen LogP contribution >= 0.6 is 11.6 Å². The molecule has 0 saturated carbocycles. The van der Waals surface area contributed by atoms with Gasteiger partial charge in [0.1, 0.15) is 11.4 Å². The van der Waals surface area contributed by atoms with Crippen LogP contribution in [0.5, 0.6) is 0 Å². The summed E-state index contributed by atoms with van der Waals surface area (Å²) in [4.78, 5) is 20.8. The fraction of sp³-hybridized carbons (Fsp3) is 0.333. The number of anilines is 2. The van der Waals surface area contributed by atoms with E-state index in [1.54, 1.807) is 12.4 Å². The number of carbonyl (C=O) groups is 1. The lowest BCUT2D eigenvalue weighted by atomic mass is 10.1. The summed E-state index contributed by atoms with van der Waals surface area (Å²) in [6.45, 7) is 5.46. The molecule has 29 heavy (non-hydrogen) atoms. The maximum absolute atomic E-state index is 12.1.